The van der Waals surface area contributed by atoms with E-state index in [1.54, 1.807) is 13.8 Å². The van der Waals surface area contributed by atoms with Crippen LogP contribution in [0.1, 0.15) is 33.6 Å². The lowest BCUT2D eigenvalue weighted by atomic mass is 10.0. The molecule has 26 heavy (non-hydrogen) atoms. The summed E-state index contributed by atoms with van der Waals surface area (Å²) in [5, 5.41) is 24.1. The van der Waals surface area contributed by atoms with E-state index in [-0.39, 0.29) is 18.8 Å². The first kappa shape index (κ1) is 23.3. The number of carbonyl (C=O) groups excluding carboxylic acids is 3. The fraction of sp³-hybridized carbons (Fsp3) is 0.667. The van der Waals surface area contributed by atoms with Gasteiger partial charge in [0.2, 0.25) is 17.7 Å². The fourth-order valence-electron chi connectivity index (χ4n) is 1.80. The zero-order chi connectivity index (χ0) is 20.4. The van der Waals surface area contributed by atoms with Crippen molar-refractivity contribution in [1.82, 2.24) is 16.0 Å². The van der Waals surface area contributed by atoms with Gasteiger partial charge in [0.15, 0.2) is 0 Å². The molecule has 0 aromatic carbocycles. The van der Waals surface area contributed by atoms with E-state index in [0.717, 1.165) is 0 Å². The molecule has 0 heterocycles. The van der Waals surface area contributed by atoms with Crippen LogP contribution in [0.25, 0.3) is 0 Å². The molecule has 0 bridgehead atoms. The third kappa shape index (κ3) is 8.97. The van der Waals surface area contributed by atoms with Crippen molar-refractivity contribution in [3.8, 4) is 0 Å². The van der Waals surface area contributed by atoms with Gasteiger partial charge in [-0.25, -0.2) is 0 Å². The van der Waals surface area contributed by atoms with Crippen molar-refractivity contribution in [2.75, 3.05) is 6.54 Å². The molecule has 11 nitrogen and oxygen atoms in total. The molecular formula is C15H26N4O7. The van der Waals surface area contributed by atoms with Gasteiger partial charge in [-0.15, -0.1) is 0 Å². The van der Waals surface area contributed by atoms with Gasteiger partial charge in [-0.05, 0) is 19.3 Å². The fourth-order valence-corrected chi connectivity index (χ4v) is 1.80. The highest BCUT2D eigenvalue weighted by Gasteiger charge is 2.27. The lowest BCUT2D eigenvalue weighted by Gasteiger charge is -2.23. The molecule has 0 rings (SSSR count). The van der Waals surface area contributed by atoms with E-state index in [1.165, 1.54) is 6.92 Å². The molecule has 0 fully saturated rings. The summed E-state index contributed by atoms with van der Waals surface area (Å²) in [5.41, 5.74) is 5.70. The second-order valence-electron chi connectivity index (χ2n) is 6.11. The van der Waals surface area contributed by atoms with Crippen LogP contribution in [0.2, 0.25) is 0 Å². The van der Waals surface area contributed by atoms with E-state index in [2.05, 4.69) is 16.0 Å². The molecule has 0 aliphatic carbocycles. The number of rotatable bonds is 11. The number of hydrogen-bond donors (Lipinski definition) is 6. The van der Waals surface area contributed by atoms with Gasteiger partial charge in [0, 0.05) is 6.42 Å². The normalized spacial score (nSPS) is 14.0. The molecule has 0 spiro atoms. The van der Waals surface area contributed by atoms with Crippen LogP contribution in [0, 0.1) is 5.92 Å². The number of amides is 3. The molecule has 7 N–H and O–H groups in total. The van der Waals surface area contributed by atoms with Gasteiger partial charge < -0.3 is 31.9 Å². The van der Waals surface area contributed by atoms with E-state index in [1.807, 2.05) is 0 Å². The molecule has 0 saturated carbocycles. The van der Waals surface area contributed by atoms with Crippen molar-refractivity contribution in [1.29, 1.82) is 0 Å². The van der Waals surface area contributed by atoms with Crippen molar-refractivity contribution in [3.05, 3.63) is 0 Å². The molecule has 11 heteroatoms. The van der Waals surface area contributed by atoms with Gasteiger partial charge in [-0.1, -0.05) is 13.8 Å². The highest BCUT2D eigenvalue weighted by atomic mass is 16.4. The first-order valence-corrected chi connectivity index (χ1v) is 8.03. The van der Waals surface area contributed by atoms with Crippen LogP contribution in [-0.4, -0.2) is 64.5 Å². The molecule has 148 valence electrons. The lowest BCUT2D eigenvalue weighted by molar-refractivity contribution is -0.138. The predicted molar refractivity (Wildman–Crippen MR) is 89.9 cm³/mol. The number of aliphatic carboxylic acids is 2. The van der Waals surface area contributed by atoms with Crippen LogP contribution in [0.3, 0.4) is 0 Å². The quantitative estimate of drug-likeness (QED) is 0.240. The summed E-state index contributed by atoms with van der Waals surface area (Å²) in [5.74, 6) is -4.72. The molecule has 0 radical (unpaired) electrons. The summed E-state index contributed by atoms with van der Waals surface area (Å²) < 4.78 is 0. The maximum absolute atomic E-state index is 12.3. The minimum atomic E-state index is -1.24. The molecule has 0 aromatic rings. The average Bonchev–Trinajstić information content (AvgIpc) is 2.54. The van der Waals surface area contributed by atoms with Gasteiger partial charge in [-0.3, -0.25) is 24.0 Å². The monoisotopic (exact) mass is 374 g/mol. The SMILES string of the molecule is CC(NC(=O)C(CCC(=O)O)NC(=O)C(N)C(C)C)C(=O)NCC(=O)O. The Labute approximate surface area is 150 Å². The van der Waals surface area contributed by atoms with Crippen molar-refractivity contribution < 1.29 is 34.2 Å². The molecule has 0 aliphatic heterocycles. The van der Waals surface area contributed by atoms with E-state index in [9.17, 15) is 24.0 Å². The molecule has 3 atom stereocenters. The average molecular weight is 374 g/mol. The van der Waals surface area contributed by atoms with Gasteiger partial charge in [0.25, 0.3) is 0 Å². The third-order valence-corrected chi connectivity index (χ3v) is 3.47. The Kier molecular flexibility index (Phi) is 9.89. The number of nitrogens with two attached hydrogens (primary N) is 1. The maximum atomic E-state index is 12.3. The van der Waals surface area contributed by atoms with Gasteiger partial charge in [-0.2, -0.15) is 0 Å². The number of nitrogens with one attached hydrogen (secondary N) is 3. The standard InChI is InChI=1S/C15H26N4O7/c1-7(2)12(16)15(26)19-9(4-5-10(20)21)14(25)18-8(3)13(24)17-6-11(22)23/h7-9,12H,4-6,16H2,1-3H3,(H,17,24)(H,18,25)(H,19,26)(H,20,21)(H,22,23). The summed E-state index contributed by atoms with van der Waals surface area (Å²) in [4.78, 5) is 57.2. The summed E-state index contributed by atoms with van der Waals surface area (Å²) in [6.45, 7) is 4.14. The van der Waals surface area contributed by atoms with E-state index < -0.39 is 54.3 Å². The predicted octanol–water partition coefficient (Wildman–Crippen LogP) is -1.98. The van der Waals surface area contributed by atoms with Crippen molar-refractivity contribution in [2.24, 2.45) is 11.7 Å². The lowest BCUT2D eigenvalue weighted by Crippen LogP contribution is -2.56. The first-order chi connectivity index (χ1) is 12.0. The zero-order valence-corrected chi connectivity index (χ0v) is 14.9. The Bertz CT molecular complexity index is 550. The highest BCUT2D eigenvalue weighted by molar-refractivity contribution is 5.93. The van der Waals surface area contributed by atoms with Crippen molar-refractivity contribution >= 4 is 29.7 Å². The molecule has 3 amide bonds. The second kappa shape index (κ2) is 11.0. The van der Waals surface area contributed by atoms with Crippen LogP contribution < -0.4 is 21.7 Å². The van der Waals surface area contributed by atoms with E-state index in [0.29, 0.717) is 0 Å². The van der Waals surface area contributed by atoms with Gasteiger partial charge in [0.05, 0.1) is 6.04 Å². The molecule has 0 aromatic heterocycles. The summed E-state index contributed by atoms with van der Waals surface area (Å²) >= 11 is 0. The molecule has 0 aliphatic rings. The van der Waals surface area contributed by atoms with Crippen LogP contribution in [-0.2, 0) is 24.0 Å². The number of carboxylic acids is 2. The highest BCUT2D eigenvalue weighted by Crippen LogP contribution is 2.03. The minimum Gasteiger partial charge on any atom is -0.481 e. The van der Waals surface area contributed by atoms with Crippen LogP contribution in [0.5, 0.6) is 0 Å². The Morgan fingerprint density at radius 1 is 0.885 bits per heavy atom. The van der Waals surface area contributed by atoms with Gasteiger partial charge in [0.1, 0.15) is 18.6 Å². The Hall–Kier alpha value is -2.69. The topological polar surface area (TPSA) is 188 Å². The van der Waals surface area contributed by atoms with Crippen LogP contribution in [0.4, 0.5) is 0 Å². The zero-order valence-electron chi connectivity index (χ0n) is 14.9. The maximum Gasteiger partial charge on any atom is 0.322 e. The molecule has 0 saturated heterocycles. The number of carbonyl (C=O) groups is 5. The van der Waals surface area contributed by atoms with Crippen LogP contribution in [0.15, 0.2) is 0 Å². The summed E-state index contributed by atoms with van der Waals surface area (Å²) in [6, 6.07) is -3.16. The van der Waals surface area contributed by atoms with Crippen molar-refractivity contribution in [3.63, 3.8) is 0 Å². The first-order valence-electron chi connectivity index (χ1n) is 8.03. The van der Waals surface area contributed by atoms with Crippen LogP contribution >= 0.6 is 0 Å². The Morgan fingerprint density at radius 2 is 1.46 bits per heavy atom. The number of hydrogen-bond acceptors (Lipinski definition) is 6. The van der Waals surface area contributed by atoms with E-state index in [4.69, 9.17) is 15.9 Å². The van der Waals surface area contributed by atoms with Gasteiger partial charge >= 0.3 is 11.9 Å². The van der Waals surface area contributed by atoms with Crippen molar-refractivity contribution in [2.45, 2.75) is 51.7 Å². The minimum absolute atomic E-state index is 0.193. The molecule has 3 unspecified atom stereocenters. The Balaban J connectivity index is 4.92. The molecular weight excluding hydrogens is 348 g/mol. The summed E-state index contributed by atoms with van der Waals surface area (Å²) in [6.07, 6.45) is -0.573. The van der Waals surface area contributed by atoms with E-state index >= 15 is 0 Å². The third-order valence-electron chi connectivity index (χ3n) is 3.47. The smallest absolute Gasteiger partial charge is 0.322 e. The number of carboxylic acid groups (broad SMARTS) is 2. The largest absolute Gasteiger partial charge is 0.481 e. The summed E-state index contributed by atoms with van der Waals surface area (Å²) in [7, 11) is 0. The Morgan fingerprint density at radius 3 is 1.92 bits per heavy atom. The second-order valence-corrected chi connectivity index (χ2v) is 6.11.